The topological polar surface area (TPSA) is 54.9 Å². The Hall–Kier alpha value is -0.270. The fraction of sp³-hybridized carbons (Fsp3) is 0.700. The lowest BCUT2D eigenvalue weighted by Gasteiger charge is -2.00. The van der Waals surface area contributed by atoms with Crippen LogP contribution in [0, 0.1) is 0 Å². The zero-order valence-electron chi connectivity index (χ0n) is 10.1. The minimum Gasteiger partial charge on any atom is -0.355 e. The Labute approximate surface area is 114 Å². The molecule has 96 valence electrons. The second-order valence-corrected chi connectivity index (χ2v) is 6.86. The average Bonchev–Trinajstić information content (AvgIpc) is 2.79. The maximum atomic E-state index is 11.4. The predicted octanol–water partition coefficient (Wildman–Crippen LogP) is 2.66. The van der Waals surface area contributed by atoms with Gasteiger partial charge in [0.05, 0.1) is 5.75 Å². The quantitative estimate of drug-likeness (QED) is 0.746. The molecule has 0 aliphatic carbocycles. The van der Waals surface area contributed by atoms with E-state index in [2.05, 4.69) is 22.4 Å². The number of nitrogens with one attached hydrogen (secondary N) is 1. The minimum absolute atomic E-state index is 0.0646. The van der Waals surface area contributed by atoms with Gasteiger partial charge in [-0.3, -0.25) is 4.79 Å². The van der Waals surface area contributed by atoms with Gasteiger partial charge < -0.3 is 5.32 Å². The van der Waals surface area contributed by atoms with Crippen LogP contribution < -0.4 is 5.32 Å². The molecular weight excluding hydrogens is 274 g/mol. The van der Waals surface area contributed by atoms with Gasteiger partial charge in [-0.1, -0.05) is 48.7 Å². The van der Waals surface area contributed by atoms with Crippen LogP contribution in [0.3, 0.4) is 0 Å². The van der Waals surface area contributed by atoms with Gasteiger partial charge in [0.2, 0.25) is 5.91 Å². The number of rotatable bonds is 8. The number of amides is 1. The summed E-state index contributed by atoms with van der Waals surface area (Å²) in [6.45, 7) is 4.92. The predicted molar refractivity (Wildman–Crippen MR) is 74.9 cm³/mol. The number of hydrogen-bond donors (Lipinski definition) is 1. The van der Waals surface area contributed by atoms with E-state index in [-0.39, 0.29) is 5.91 Å². The Morgan fingerprint density at radius 1 is 1.24 bits per heavy atom. The molecule has 0 aromatic carbocycles. The molecule has 0 spiro atoms. The number of aromatic nitrogens is 2. The molecular formula is C10H17N3OS3. The summed E-state index contributed by atoms with van der Waals surface area (Å²) in [7, 11) is 0. The highest BCUT2D eigenvalue weighted by molar-refractivity contribution is 8.03. The monoisotopic (exact) mass is 291 g/mol. The number of carbonyl (C=O) groups excluding carboxylic acids is 1. The SMILES string of the molecule is CCCNC(=O)CSc1nnc(SCCC)s1. The Morgan fingerprint density at radius 3 is 2.59 bits per heavy atom. The summed E-state index contributed by atoms with van der Waals surface area (Å²) in [4.78, 5) is 11.4. The van der Waals surface area contributed by atoms with Gasteiger partial charge >= 0.3 is 0 Å². The van der Waals surface area contributed by atoms with Crippen LogP contribution in [0.4, 0.5) is 0 Å². The number of carbonyl (C=O) groups is 1. The first-order valence-corrected chi connectivity index (χ1v) is 8.40. The Kier molecular flexibility index (Phi) is 7.63. The second-order valence-electron chi connectivity index (χ2n) is 3.32. The number of hydrogen-bond acceptors (Lipinski definition) is 6. The van der Waals surface area contributed by atoms with Crippen molar-refractivity contribution < 1.29 is 4.79 Å². The van der Waals surface area contributed by atoms with Crippen LogP contribution >= 0.6 is 34.9 Å². The normalized spacial score (nSPS) is 10.5. The van der Waals surface area contributed by atoms with Gasteiger partial charge in [0.25, 0.3) is 0 Å². The van der Waals surface area contributed by atoms with Crippen molar-refractivity contribution in [2.45, 2.75) is 35.4 Å². The van der Waals surface area contributed by atoms with Crippen molar-refractivity contribution in [3.8, 4) is 0 Å². The Bertz CT molecular complexity index is 343. The highest BCUT2D eigenvalue weighted by atomic mass is 32.2. The van der Waals surface area contributed by atoms with Crippen molar-refractivity contribution in [2.75, 3.05) is 18.1 Å². The van der Waals surface area contributed by atoms with E-state index < -0.39 is 0 Å². The highest BCUT2D eigenvalue weighted by Crippen LogP contribution is 2.28. The third-order valence-corrected chi connectivity index (χ3v) is 5.11. The van der Waals surface area contributed by atoms with Crippen molar-refractivity contribution >= 4 is 40.8 Å². The molecule has 0 fully saturated rings. The molecule has 0 atom stereocenters. The zero-order valence-corrected chi connectivity index (χ0v) is 12.5. The molecule has 17 heavy (non-hydrogen) atoms. The van der Waals surface area contributed by atoms with Crippen LogP contribution in [-0.4, -0.2) is 34.2 Å². The Balaban J connectivity index is 2.26. The van der Waals surface area contributed by atoms with Crippen molar-refractivity contribution in [1.29, 1.82) is 0 Å². The standard InChI is InChI=1S/C10H17N3OS3/c1-3-5-11-8(14)7-16-10-13-12-9(17-10)15-6-4-2/h3-7H2,1-2H3,(H,11,14). The summed E-state index contributed by atoms with van der Waals surface area (Å²) >= 11 is 4.74. The van der Waals surface area contributed by atoms with Gasteiger partial charge in [0, 0.05) is 12.3 Å². The summed E-state index contributed by atoms with van der Waals surface area (Å²) in [5.74, 6) is 1.55. The summed E-state index contributed by atoms with van der Waals surface area (Å²) in [5.41, 5.74) is 0. The molecule has 0 aliphatic rings. The third kappa shape index (κ3) is 6.28. The van der Waals surface area contributed by atoms with E-state index in [1.165, 1.54) is 11.8 Å². The molecule has 0 saturated heterocycles. The molecule has 0 bridgehead atoms. The average molecular weight is 291 g/mol. The van der Waals surface area contributed by atoms with Crippen molar-refractivity contribution in [1.82, 2.24) is 15.5 Å². The summed E-state index contributed by atoms with van der Waals surface area (Å²) in [6, 6.07) is 0. The van der Waals surface area contributed by atoms with Crippen LogP contribution in [0.5, 0.6) is 0 Å². The van der Waals surface area contributed by atoms with Crippen LogP contribution in [-0.2, 0) is 4.79 Å². The van der Waals surface area contributed by atoms with Crippen LogP contribution in [0.25, 0.3) is 0 Å². The molecule has 0 unspecified atom stereocenters. The zero-order chi connectivity index (χ0) is 12.5. The number of thioether (sulfide) groups is 2. The van der Waals surface area contributed by atoms with Crippen molar-refractivity contribution in [2.24, 2.45) is 0 Å². The van der Waals surface area contributed by atoms with E-state index in [4.69, 9.17) is 0 Å². The van der Waals surface area contributed by atoms with Crippen LogP contribution in [0.15, 0.2) is 8.68 Å². The lowest BCUT2D eigenvalue weighted by molar-refractivity contribution is -0.118. The lowest BCUT2D eigenvalue weighted by Crippen LogP contribution is -2.25. The van der Waals surface area contributed by atoms with Gasteiger partial charge in [-0.2, -0.15) is 0 Å². The molecule has 1 rings (SSSR count). The summed E-state index contributed by atoms with van der Waals surface area (Å²) < 4.78 is 1.86. The molecule has 0 saturated carbocycles. The minimum atomic E-state index is 0.0646. The summed E-state index contributed by atoms with van der Waals surface area (Å²) in [5, 5.41) is 11.0. The molecule has 1 heterocycles. The lowest BCUT2D eigenvalue weighted by atomic mass is 10.5. The molecule has 0 radical (unpaired) electrons. The van der Waals surface area contributed by atoms with E-state index in [0.717, 1.165) is 33.8 Å². The van der Waals surface area contributed by atoms with Gasteiger partial charge in [-0.15, -0.1) is 10.2 Å². The van der Waals surface area contributed by atoms with E-state index >= 15 is 0 Å². The van der Waals surface area contributed by atoms with E-state index in [1.54, 1.807) is 23.1 Å². The summed E-state index contributed by atoms with van der Waals surface area (Å²) in [6.07, 6.45) is 2.10. The van der Waals surface area contributed by atoms with E-state index in [9.17, 15) is 4.79 Å². The first kappa shape index (κ1) is 14.8. The molecule has 7 heteroatoms. The molecule has 1 N–H and O–H groups in total. The first-order valence-electron chi connectivity index (χ1n) is 5.62. The molecule has 4 nitrogen and oxygen atoms in total. The van der Waals surface area contributed by atoms with Gasteiger partial charge in [-0.25, -0.2) is 0 Å². The molecule has 1 aromatic heterocycles. The van der Waals surface area contributed by atoms with Crippen LogP contribution in [0.1, 0.15) is 26.7 Å². The maximum Gasteiger partial charge on any atom is 0.230 e. The fourth-order valence-electron chi connectivity index (χ4n) is 0.946. The van der Waals surface area contributed by atoms with Crippen molar-refractivity contribution in [3.63, 3.8) is 0 Å². The van der Waals surface area contributed by atoms with Crippen LogP contribution in [0.2, 0.25) is 0 Å². The van der Waals surface area contributed by atoms with E-state index in [0.29, 0.717) is 5.75 Å². The smallest absolute Gasteiger partial charge is 0.230 e. The highest BCUT2D eigenvalue weighted by Gasteiger charge is 2.07. The first-order chi connectivity index (χ1) is 8.26. The molecule has 1 aromatic rings. The third-order valence-electron chi connectivity index (χ3n) is 1.72. The van der Waals surface area contributed by atoms with Crippen molar-refractivity contribution in [3.05, 3.63) is 0 Å². The van der Waals surface area contributed by atoms with Gasteiger partial charge in [-0.05, 0) is 12.8 Å². The largest absolute Gasteiger partial charge is 0.355 e. The molecule has 0 aliphatic heterocycles. The molecule has 1 amide bonds. The van der Waals surface area contributed by atoms with E-state index in [1.807, 2.05) is 6.92 Å². The maximum absolute atomic E-state index is 11.4. The van der Waals surface area contributed by atoms with Gasteiger partial charge in [0.1, 0.15) is 0 Å². The second kappa shape index (κ2) is 8.77. The fourth-order valence-corrected chi connectivity index (χ4v) is 3.72. The Morgan fingerprint density at radius 2 is 1.94 bits per heavy atom. The number of nitrogens with zero attached hydrogens (tertiary/aromatic N) is 2. The van der Waals surface area contributed by atoms with Gasteiger partial charge in [0.15, 0.2) is 8.68 Å².